The van der Waals surface area contributed by atoms with Crippen LogP contribution >= 0.6 is 11.8 Å². The number of rotatable bonds is 1. The fraction of sp³-hybridized carbons (Fsp3) is 0.333. The van der Waals surface area contributed by atoms with Gasteiger partial charge in [0.2, 0.25) is 0 Å². The Kier molecular flexibility index (Phi) is 2.22. The first-order valence-electron chi connectivity index (χ1n) is 4.17. The second-order valence-electron chi connectivity index (χ2n) is 2.94. The van der Waals surface area contributed by atoms with Crippen LogP contribution in [0.15, 0.2) is 17.9 Å². The third-order valence-electron chi connectivity index (χ3n) is 2.03. The van der Waals surface area contributed by atoms with Crippen molar-refractivity contribution in [1.29, 1.82) is 0 Å². The summed E-state index contributed by atoms with van der Waals surface area (Å²) in [6, 6.07) is 0. The zero-order valence-corrected chi connectivity index (χ0v) is 8.01. The lowest BCUT2D eigenvalue weighted by Crippen LogP contribution is -2.00. The van der Waals surface area contributed by atoms with Crippen LogP contribution in [0.3, 0.4) is 0 Å². The average Bonchev–Trinajstić information content (AvgIpc) is 2.47. The lowest BCUT2D eigenvalue weighted by atomic mass is 10.2. The van der Waals surface area contributed by atoms with Crippen molar-refractivity contribution in [1.82, 2.24) is 9.55 Å². The van der Waals surface area contributed by atoms with Gasteiger partial charge in [0, 0.05) is 11.4 Å². The highest BCUT2D eigenvalue weighted by Gasteiger charge is 2.15. The number of fused-ring (bicyclic) bond motifs is 1. The number of allylic oxidation sites excluding steroid dienone is 1. The summed E-state index contributed by atoms with van der Waals surface area (Å²) in [5.41, 5.74) is 1.58. The van der Waals surface area contributed by atoms with Gasteiger partial charge in [-0.1, -0.05) is 18.3 Å². The van der Waals surface area contributed by atoms with E-state index in [1.807, 2.05) is 4.57 Å². The van der Waals surface area contributed by atoms with Crippen molar-refractivity contribution in [3.63, 3.8) is 0 Å². The fourth-order valence-electron chi connectivity index (χ4n) is 1.40. The molecule has 0 atom stereocenters. The summed E-state index contributed by atoms with van der Waals surface area (Å²) >= 11 is 1.68. The quantitative estimate of drug-likeness (QED) is 0.642. The van der Waals surface area contributed by atoms with Gasteiger partial charge in [0.05, 0.1) is 6.20 Å². The molecule has 1 aliphatic heterocycles. The Morgan fingerprint density at radius 3 is 3.31 bits per heavy atom. The molecule has 68 valence electrons. The second kappa shape index (κ2) is 3.38. The summed E-state index contributed by atoms with van der Waals surface area (Å²) in [6.45, 7) is 3.95. The number of carbonyl (C=O) groups is 1. The van der Waals surface area contributed by atoms with E-state index in [9.17, 15) is 4.79 Å². The van der Waals surface area contributed by atoms with Crippen molar-refractivity contribution in [3.8, 4) is 0 Å². The molecule has 1 aromatic rings. The minimum Gasteiger partial charge on any atom is -0.296 e. The smallest absolute Gasteiger partial charge is 0.172 e. The second-order valence-corrected chi connectivity index (χ2v) is 4.00. The fourth-order valence-corrected chi connectivity index (χ4v) is 2.36. The summed E-state index contributed by atoms with van der Waals surface area (Å²) in [5.74, 6) is 1.05. The number of carbonyl (C=O) groups excluding carboxylic acids is 1. The Morgan fingerprint density at radius 1 is 1.69 bits per heavy atom. The monoisotopic (exact) mass is 194 g/mol. The van der Waals surface area contributed by atoms with Gasteiger partial charge < -0.3 is 0 Å². The van der Waals surface area contributed by atoms with Crippen LogP contribution in [0.25, 0.3) is 5.70 Å². The highest BCUT2D eigenvalue weighted by molar-refractivity contribution is 7.99. The van der Waals surface area contributed by atoms with Crippen LogP contribution in [0.2, 0.25) is 0 Å². The Bertz CT molecular complexity index is 356. The van der Waals surface area contributed by atoms with Gasteiger partial charge in [-0.15, -0.1) is 0 Å². The van der Waals surface area contributed by atoms with Crippen LogP contribution in [-0.4, -0.2) is 21.6 Å². The first kappa shape index (κ1) is 8.56. The number of imidazole rings is 1. The Hall–Kier alpha value is -1.03. The normalized spacial score (nSPS) is 16.5. The van der Waals surface area contributed by atoms with Crippen molar-refractivity contribution >= 4 is 23.7 Å². The van der Waals surface area contributed by atoms with Crippen LogP contribution in [0, 0.1) is 0 Å². The first-order chi connectivity index (χ1) is 6.33. The number of aldehydes is 1. The van der Waals surface area contributed by atoms with E-state index in [0.29, 0.717) is 5.69 Å². The third-order valence-corrected chi connectivity index (χ3v) is 3.07. The third kappa shape index (κ3) is 1.42. The van der Waals surface area contributed by atoms with E-state index in [0.717, 1.165) is 35.7 Å². The van der Waals surface area contributed by atoms with Crippen LogP contribution in [0.4, 0.5) is 0 Å². The maximum absolute atomic E-state index is 10.7. The minimum atomic E-state index is 0.606. The molecule has 2 rings (SSSR count). The van der Waals surface area contributed by atoms with E-state index in [-0.39, 0.29) is 0 Å². The molecular formula is C9H10N2OS. The van der Waals surface area contributed by atoms with Gasteiger partial charge in [0.1, 0.15) is 5.69 Å². The Labute approximate surface area is 80.8 Å². The van der Waals surface area contributed by atoms with E-state index >= 15 is 0 Å². The van der Waals surface area contributed by atoms with Gasteiger partial charge in [-0.25, -0.2) is 4.98 Å². The lowest BCUT2D eigenvalue weighted by Gasteiger charge is -2.06. The highest BCUT2D eigenvalue weighted by Crippen LogP contribution is 2.28. The summed E-state index contributed by atoms with van der Waals surface area (Å²) in [4.78, 5) is 14.9. The van der Waals surface area contributed by atoms with E-state index in [2.05, 4.69) is 11.6 Å². The van der Waals surface area contributed by atoms with Crippen LogP contribution < -0.4 is 0 Å². The molecule has 0 amide bonds. The maximum Gasteiger partial charge on any atom is 0.172 e. The first-order valence-corrected chi connectivity index (χ1v) is 5.15. The molecule has 0 aliphatic carbocycles. The van der Waals surface area contributed by atoms with Crippen molar-refractivity contribution in [3.05, 3.63) is 18.5 Å². The van der Waals surface area contributed by atoms with E-state index in [4.69, 9.17) is 0 Å². The highest BCUT2D eigenvalue weighted by atomic mass is 32.2. The summed E-state index contributed by atoms with van der Waals surface area (Å²) in [7, 11) is 0. The minimum absolute atomic E-state index is 0.606. The van der Waals surface area contributed by atoms with E-state index in [1.165, 1.54) is 0 Å². The molecule has 13 heavy (non-hydrogen) atoms. The van der Waals surface area contributed by atoms with Crippen molar-refractivity contribution < 1.29 is 4.79 Å². The van der Waals surface area contributed by atoms with Gasteiger partial charge in [-0.2, -0.15) is 0 Å². The summed E-state index contributed by atoms with van der Waals surface area (Å²) < 4.78 is 1.85. The number of thioether (sulfide) groups is 1. The van der Waals surface area contributed by atoms with E-state index < -0.39 is 0 Å². The molecule has 0 radical (unpaired) electrons. The molecule has 3 nitrogen and oxygen atoms in total. The molecule has 0 bridgehead atoms. The molecule has 1 aliphatic rings. The van der Waals surface area contributed by atoms with Gasteiger partial charge in [0.25, 0.3) is 0 Å². The lowest BCUT2D eigenvalue weighted by molar-refractivity contribution is 0.111. The SMILES string of the molecule is C=C1CCCSc2ncc(C=O)n21. The Balaban J connectivity index is 2.51. The standard InChI is InChI=1S/C9H10N2OS/c1-7-3-2-4-13-9-10-5-8(6-12)11(7)9/h5-6H,1-4H2. The van der Waals surface area contributed by atoms with Crippen LogP contribution in [-0.2, 0) is 0 Å². The number of hydrogen-bond acceptors (Lipinski definition) is 3. The molecule has 0 unspecified atom stereocenters. The van der Waals surface area contributed by atoms with Crippen LogP contribution in [0.1, 0.15) is 23.3 Å². The zero-order chi connectivity index (χ0) is 9.26. The predicted molar refractivity (Wildman–Crippen MR) is 52.9 cm³/mol. The largest absolute Gasteiger partial charge is 0.296 e. The maximum atomic E-state index is 10.7. The van der Waals surface area contributed by atoms with Gasteiger partial charge >= 0.3 is 0 Å². The van der Waals surface area contributed by atoms with Gasteiger partial charge in [0.15, 0.2) is 11.4 Å². The number of hydrogen-bond donors (Lipinski definition) is 0. The molecule has 0 spiro atoms. The number of nitrogens with zero attached hydrogens (tertiary/aromatic N) is 2. The molecule has 0 fully saturated rings. The van der Waals surface area contributed by atoms with Gasteiger partial charge in [-0.3, -0.25) is 9.36 Å². The van der Waals surface area contributed by atoms with Crippen molar-refractivity contribution in [2.75, 3.05) is 5.75 Å². The molecule has 1 aromatic heterocycles. The van der Waals surface area contributed by atoms with E-state index in [1.54, 1.807) is 18.0 Å². The summed E-state index contributed by atoms with van der Waals surface area (Å²) in [6.07, 6.45) is 4.47. The molecule has 0 saturated heterocycles. The average molecular weight is 194 g/mol. The van der Waals surface area contributed by atoms with Crippen molar-refractivity contribution in [2.45, 2.75) is 18.0 Å². The number of aromatic nitrogens is 2. The topological polar surface area (TPSA) is 34.9 Å². The molecule has 2 heterocycles. The molecule has 0 N–H and O–H groups in total. The zero-order valence-electron chi connectivity index (χ0n) is 7.19. The van der Waals surface area contributed by atoms with Crippen molar-refractivity contribution in [2.24, 2.45) is 0 Å². The van der Waals surface area contributed by atoms with Gasteiger partial charge in [-0.05, 0) is 12.8 Å². The Morgan fingerprint density at radius 2 is 2.54 bits per heavy atom. The predicted octanol–water partition coefficient (Wildman–Crippen LogP) is 2.05. The molecule has 0 aromatic carbocycles. The molecular weight excluding hydrogens is 184 g/mol. The van der Waals surface area contributed by atoms with Crippen LogP contribution in [0.5, 0.6) is 0 Å². The molecule has 4 heteroatoms. The molecule has 0 saturated carbocycles. The summed E-state index contributed by atoms with van der Waals surface area (Å²) in [5, 5.41) is 0.893.